The molecule has 1 atom stereocenters. The van der Waals surface area contributed by atoms with Gasteiger partial charge in [0.15, 0.2) is 0 Å². The number of fused-ring (bicyclic) bond motifs is 2. The molecule has 0 fully saturated rings. The molecule has 0 radical (unpaired) electrons. The number of carbonyl (C=O) groups is 2. The normalized spacial score (nSPS) is 12.0. The lowest BCUT2D eigenvalue weighted by Gasteiger charge is -2.16. The van der Waals surface area contributed by atoms with Gasteiger partial charge in [0.05, 0.1) is 11.1 Å². The number of para-hydroxylation sites is 1. The average Bonchev–Trinajstić information content (AvgIpc) is 2.72. The third-order valence-electron chi connectivity index (χ3n) is 4.76. The van der Waals surface area contributed by atoms with Crippen LogP contribution in [0.15, 0.2) is 79.0 Å². The van der Waals surface area contributed by atoms with Crippen molar-refractivity contribution in [1.82, 2.24) is 10.3 Å². The van der Waals surface area contributed by atoms with E-state index in [2.05, 4.69) is 10.3 Å². The van der Waals surface area contributed by atoms with Crippen LogP contribution in [0.1, 0.15) is 15.9 Å². The summed E-state index contributed by atoms with van der Waals surface area (Å²) in [5.41, 5.74) is 7.67. The first-order valence-electron chi connectivity index (χ1n) is 9.03. The van der Waals surface area contributed by atoms with Gasteiger partial charge in [-0.3, -0.25) is 14.6 Å². The standard InChI is InChI=1S/C23H19N3O2/c24-22(27)21(12-15-9-10-16-5-1-2-6-17(16)11-15)26-23(28)19-13-18-7-3-4-8-20(18)25-14-19/h1-11,13-14,21H,12H2,(H2,24,27)(H,26,28)/t21-/m0/s1. The zero-order valence-electron chi connectivity index (χ0n) is 15.1. The number of nitrogens with zero attached hydrogens (tertiary/aromatic N) is 1. The lowest BCUT2D eigenvalue weighted by molar-refractivity contribution is -0.119. The van der Waals surface area contributed by atoms with Crippen LogP contribution in [0.25, 0.3) is 21.7 Å². The van der Waals surface area contributed by atoms with Crippen molar-refractivity contribution in [3.05, 3.63) is 90.1 Å². The molecule has 1 aromatic heterocycles. The summed E-state index contributed by atoms with van der Waals surface area (Å²) in [7, 11) is 0. The van der Waals surface area contributed by atoms with Crippen molar-refractivity contribution >= 4 is 33.5 Å². The van der Waals surface area contributed by atoms with Crippen LogP contribution in [-0.2, 0) is 11.2 Å². The first-order chi connectivity index (χ1) is 13.6. The van der Waals surface area contributed by atoms with Gasteiger partial charge in [-0.2, -0.15) is 0 Å². The summed E-state index contributed by atoms with van der Waals surface area (Å²) in [6.07, 6.45) is 1.83. The molecule has 0 aliphatic heterocycles. The van der Waals surface area contributed by atoms with Gasteiger partial charge in [-0.05, 0) is 28.5 Å². The maximum Gasteiger partial charge on any atom is 0.253 e. The molecule has 5 nitrogen and oxygen atoms in total. The first kappa shape index (κ1) is 17.7. The van der Waals surface area contributed by atoms with Crippen LogP contribution in [0.2, 0.25) is 0 Å². The molecule has 3 N–H and O–H groups in total. The number of primary amides is 1. The zero-order valence-corrected chi connectivity index (χ0v) is 15.1. The highest BCUT2D eigenvalue weighted by Crippen LogP contribution is 2.17. The molecule has 0 aliphatic carbocycles. The Morgan fingerprint density at radius 3 is 2.39 bits per heavy atom. The molecule has 0 saturated heterocycles. The quantitative estimate of drug-likeness (QED) is 0.566. The number of aromatic nitrogens is 1. The number of benzene rings is 3. The van der Waals surface area contributed by atoms with E-state index in [0.29, 0.717) is 12.0 Å². The smallest absolute Gasteiger partial charge is 0.253 e. The van der Waals surface area contributed by atoms with E-state index in [1.54, 1.807) is 6.07 Å². The van der Waals surface area contributed by atoms with Crippen molar-refractivity contribution in [3.8, 4) is 0 Å². The molecule has 138 valence electrons. The van der Waals surface area contributed by atoms with Crippen molar-refractivity contribution in [2.75, 3.05) is 0 Å². The van der Waals surface area contributed by atoms with E-state index in [1.165, 1.54) is 6.20 Å². The highest BCUT2D eigenvalue weighted by molar-refractivity contribution is 5.99. The molecule has 4 rings (SSSR count). The molecular formula is C23H19N3O2. The van der Waals surface area contributed by atoms with E-state index in [-0.39, 0.29) is 5.91 Å². The van der Waals surface area contributed by atoms with E-state index in [1.807, 2.05) is 66.7 Å². The summed E-state index contributed by atoms with van der Waals surface area (Å²) in [5, 5.41) is 5.80. The number of rotatable bonds is 5. The lowest BCUT2D eigenvalue weighted by atomic mass is 10.0. The maximum atomic E-state index is 12.6. The van der Waals surface area contributed by atoms with Crippen LogP contribution in [0.4, 0.5) is 0 Å². The Bertz CT molecular complexity index is 1190. The van der Waals surface area contributed by atoms with Gasteiger partial charge >= 0.3 is 0 Å². The summed E-state index contributed by atoms with van der Waals surface area (Å²) in [4.78, 5) is 28.9. The Morgan fingerprint density at radius 1 is 0.893 bits per heavy atom. The van der Waals surface area contributed by atoms with Crippen LogP contribution in [0.3, 0.4) is 0 Å². The van der Waals surface area contributed by atoms with Crippen LogP contribution >= 0.6 is 0 Å². The summed E-state index contributed by atoms with van der Waals surface area (Å²) in [6, 6.07) is 22.4. The molecule has 0 aliphatic rings. The minimum atomic E-state index is -0.805. The van der Waals surface area contributed by atoms with Gasteiger partial charge in [0.1, 0.15) is 6.04 Å². The largest absolute Gasteiger partial charge is 0.368 e. The lowest BCUT2D eigenvalue weighted by Crippen LogP contribution is -2.45. The second-order valence-electron chi connectivity index (χ2n) is 6.73. The van der Waals surface area contributed by atoms with Crippen molar-refractivity contribution < 1.29 is 9.59 Å². The molecule has 1 heterocycles. The second kappa shape index (κ2) is 7.48. The molecule has 3 aromatic carbocycles. The highest BCUT2D eigenvalue weighted by atomic mass is 16.2. The predicted molar refractivity (Wildman–Crippen MR) is 110 cm³/mol. The minimum absolute atomic E-state index is 0.326. The zero-order chi connectivity index (χ0) is 19.5. The maximum absolute atomic E-state index is 12.6. The van der Waals surface area contributed by atoms with E-state index in [9.17, 15) is 9.59 Å². The fourth-order valence-corrected chi connectivity index (χ4v) is 3.26. The summed E-state index contributed by atoms with van der Waals surface area (Å²) >= 11 is 0. The number of amides is 2. The number of carbonyl (C=O) groups excluding carboxylic acids is 2. The van der Waals surface area contributed by atoms with Crippen molar-refractivity contribution in [1.29, 1.82) is 0 Å². The third-order valence-corrected chi connectivity index (χ3v) is 4.76. The Labute approximate surface area is 162 Å². The van der Waals surface area contributed by atoms with E-state index in [4.69, 9.17) is 5.73 Å². The highest BCUT2D eigenvalue weighted by Gasteiger charge is 2.20. The fraction of sp³-hybridized carbons (Fsp3) is 0.0870. The topological polar surface area (TPSA) is 85.1 Å². The van der Waals surface area contributed by atoms with Gasteiger partial charge in [-0.15, -0.1) is 0 Å². The molecule has 0 bridgehead atoms. The molecule has 0 saturated carbocycles. The molecule has 0 spiro atoms. The van der Waals surface area contributed by atoms with Gasteiger partial charge in [0, 0.05) is 18.0 Å². The van der Waals surface area contributed by atoms with Crippen LogP contribution in [0, 0.1) is 0 Å². The summed E-state index contributed by atoms with van der Waals surface area (Å²) < 4.78 is 0. The van der Waals surface area contributed by atoms with Gasteiger partial charge in [-0.25, -0.2) is 0 Å². The van der Waals surface area contributed by atoms with Crippen molar-refractivity contribution in [2.45, 2.75) is 12.5 Å². The Hall–Kier alpha value is -3.73. The second-order valence-corrected chi connectivity index (χ2v) is 6.73. The van der Waals surface area contributed by atoms with Crippen LogP contribution in [0.5, 0.6) is 0 Å². The van der Waals surface area contributed by atoms with E-state index in [0.717, 1.165) is 27.2 Å². The van der Waals surface area contributed by atoms with E-state index < -0.39 is 11.9 Å². The first-order valence-corrected chi connectivity index (χ1v) is 9.03. The summed E-state index contributed by atoms with van der Waals surface area (Å²) in [6.45, 7) is 0. The number of nitrogens with two attached hydrogens (primary N) is 1. The van der Waals surface area contributed by atoms with Crippen molar-refractivity contribution in [3.63, 3.8) is 0 Å². The number of hydrogen-bond acceptors (Lipinski definition) is 3. The van der Waals surface area contributed by atoms with Crippen molar-refractivity contribution in [2.24, 2.45) is 5.73 Å². The van der Waals surface area contributed by atoms with Crippen LogP contribution in [-0.4, -0.2) is 22.8 Å². The summed E-state index contributed by atoms with van der Waals surface area (Å²) in [5.74, 6) is -0.946. The predicted octanol–water partition coefficient (Wildman–Crippen LogP) is 3.21. The number of hydrogen-bond donors (Lipinski definition) is 2. The molecule has 2 amide bonds. The van der Waals surface area contributed by atoms with Gasteiger partial charge in [-0.1, -0.05) is 60.7 Å². The average molecular weight is 369 g/mol. The molecule has 28 heavy (non-hydrogen) atoms. The van der Waals surface area contributed by atoms with Gasteiger partial charge in [0.25, 0.3) is 5.91 Å². The molecule has 5 heteroatoms. The fourth-order valence-electron chi connectivity index (χ4n) is 3.26. The minimum Gasteiger partial charge on any atom is -0.368 e. The van der Waals surface area contributed by atoms with Crippen LogP contribution < -0.4 is 11.1 Å². The molecule has 4 aromatic rings. The Balaban J connectivity index is 1.55. The SMILES string of the molecule is NC(=O)[C@H](Cc1ccc2ccccc2c1)NC(=O)c1cnc2ccccc2c1. The Morgan fingerprint density at radius 2 is 1.61 bits per heavy atom. The third kappa shape index (κ3) is 3.69. The molecular weight excluding hydrogens is 350 g/mol. The Kier molecular flexibility index (Phi) is 4.72. The monoisotopic (exact) mass is 369 g/mol. The van der Waals surface area contributed by atoms with E-state index >= 15 is 0 Å². The molecule has 0 unspecified atom stereocenters. The van der Waals surface area contributed by atoms with Gasteiger partial charge < -0.3 is 11.1 Å². The number of pyridine rings is 1. The number of nitrogens with one attached hydrogen (secondary N) is 1. The van der Waals surface area contributed by atoms with Gasteiger partial charge in [0.2, 0.25) is 5.91 Å².